The number of hydrogen-bond acceptors (Lipinski definition) is 7. The maximum Gasteiger partial charge on any atom is 0.332 e. The van der Waals surface area contributed by atoms with Crippen LogP contribution in [-0.4, -0.2) is 56.2 Å². The van der Waals surface area contributed by atoms with Gasteiger partial charge in [0.2, 0.25) is 0 Å². The fourth-order valence-electron chi connectivity index (χ4n) is 4.21. The van der Waals surface area contributed by atoms with Crippen LogP contribution in [0.2, 0.25) is 0 Å². The van der Waals surface area contributed by atoms with Crippen LogP contribution in [0.1, 0.15) is 41.4 Å². The summed E-state index contributed by atoms with van der Waals surface area (Å²) in [6.07, 6.45) is 2.11. The van der Waals surface area contributed by atoms with E-state index in [0.29, 0.717) is 57.9 Å². The minimum Gasteiger partial charge on any atom is -0.396 e. The molecule has 0 spiro atoms. The first-order valence-electron chi connectivity index (χ1n) is 13.3. The van der Waals surface area contributed by atoms with E-state index in [4.69, 9.17) is 6.48 Å². The lowest BCUT2D eigenvalue weighted by Crippen LogP contribution is -2.39. The van der Waals surface area contributed by atoms with Gasteiger partial charge in [-0.05, 0) is 58.5 Å². The summed E-state index contributed by atoms with van der Waals surface area (Å²) in [6.45, 7) is 7.64. The number of hydrogen-bond donors (Lipinski definition) is 1. The van der Waals surface area contributed by atoms with Crippen molar-refractivity contribution in [1.82, 2.24) is 37.4 Å². The van der Waals surface area contributed by atoms with E-state index in [9.17, 15) is 23.6 Å². The number of alkyl halides is 1. The second-order valence-corrected chi connectivity index (χ2v) is 10.0. The van der Waals surface area contributed by atoms with Gasteiger partial charge in [0.25, 0.3) is 11.1 Å². The standard InChI is InChI=1S/C12H17BrN4O2.C11H15BrN4O3.CH3F/c1-4-6-7-17-10(18)8-9(15(3)12(17)19)14-11(13)16(8)5-2;1-3-15-7-8(13-10(15)12)14(2)11(19)16(9(7)18)5-4-6-17;1-2/h4-7H2,1-3H3;17H,3-6H2,1-2H3;1H3/i;;1D. The molecule has 4 aromatic rings. The Hall–Kier alpha value is -2.85. The summed E-state index contributed by atoms with van der Waals surface area (Å²) in [5.41, 5.74) is 0.319. The maximum atomic E-state index is 12.5. The molecule has 0 atom stereocenters. The van der Waals surface area contributed by atoms with Crippen molar-refractivity contribution in [3.63, 3.8) is 0 Å². The number of aliphatic hydroxyl groups excluding tert-OH is 1. The monoisotopic (exact) mass is 693 g/mol. The van der Waals surface area contributed by atoms with Gasteiger partial charge in [-0.25, -0.2) is 19.6 Å². The summed E-state index contributed by atoms with van der Waals surface area (Å²) in [6, 6.07) is 0. The molecule has 4 rings (SSSR count). The Morgan fingerprint density at radius 2 is 1.15 bits per heavy atom. The molecule has 4 aromatic heterocycles. The third kappa shape index (κ3) is 6.22. The number of halogens is 3. The Kier molecular flexibility index (Phi) is 11.6. The molecule has 1 N–H and O–H groups in total. The molecule has 40 heavy (non-hydrogen) atoms. The topological polar surface area (TPSA) is 144 Å². The van der Waals surface area contributed by atoms with Gasteiger partial charge in [0, 0.05) is 46.9 Å². The quantitative estimate of drug-likeness (QED) is 0.278. The van der Waals surface area contributed by atoms with Crippen molar-refractivity contribution < 1.29 is 10.9 Å². The van der Waals surface area contributed by atoms with Crippen molar-refractivity contribution in [1.29, 1.82) is 0 Å². The average molecular weight is 695 g/mol. The van der Waals surface area contributed by atoms with Crippen LogP contribution in [0.25, 0.3) is 22.3 Å². The van der Waals surface area contributed by atoms with Crippen LogP contribution in [0, 0.1) is 0 Å². The van der Waals surface area contributed by atoms with Gasteiger partial charge in [-0.2, -0.15) is 0 Å². The average Bonchev–Trinajstić information content (AvgIpc) is 3.47. The number of fused-ring (bicyclic) bond motifs is 2. The summed E-state index contributed by atoms with van der Waals surface area (Å²) in [7, 11) is 2.23. The molecule has 0 aliphatic carbocycles. The number of nitrogens with zero attached hydrogens (tertiary/aromatic N) is 8. The molecule has 4 heterocycles. The van der Waals surface area contributed by atoms with E-state index in [1.807, 2.05) is 20.8 Å². The molecule has 0 saturated heterocycles. The van der Waals surface area contributed by atoms with Crippen molar-refractivity contribution in [2.75, 3.05) is 13.8 Å². The molecular weight excluding hydrogens is 659 g/mol. The van der Waals surface area contributed by atoms with Gasteiger partial charge in [-0.3, -0.25) is 32.2 Å². The van der Waals surface area contributed by atoms with Crippen LogP contribution in [0.3, 0.4) is 0 Å². The van der Waals surface area contributed by atoms with Crippen molar-refractivity contribution >= 4 is 54.2 Å². The van der Waals surface area contributed by atoms with Gasteiger partial charge in [0.15, 0.2) is 31.8 Å². The molecule has 0 saturated carbocycles. The highest BCUT2D eigenvalue weighted by molar-refractivity contribution is 9.10. The van der Waals surface area contributed by atoms with Gasteiger partial charge in [-0.1, -0.05) is 13.3 Å². The molecule has 0 bridgehead atoms. The molecular formula is C24H35Br2FN8O5. The molecule has 0 unspecified atom stereocenters. The molecule has 16 heteroatoms. The van der Waals surface area contributed by atoms with Crippen molar-refractivity contribution in [2.24, 2.45) is 14.1 Å². The van der Waals surface area contributed by atoms with E-state index in [1.54, 1.807) is 23.2 Å². The fraction of sp³-hybridized carbons (Fsp3) is 0.583. The first-order chi connectivity index (χ1) is 19.5. The second kappa shape index (κ2) is 14.7. The van der Waals surface area contributed by atoms with E-state index < -0.39 is 12.8 Å². The second-order valence-electron chi connectivity index (χ2n) is 8.62. The van der Waals surface area contributed by atoms with Gasteiger partial charge in [0.1, 0.15) is 0 Å². The largest absolute Gasteiger partial charge is 0.396 e. The highest BCUT2D eigenvalue weighted by atomic mass is 79.9. The zero-order valence-corrected chi connectivity index (χ0v) is 26.3. The van der Waals surface area contributed by atoms with Crippen molar-refractivity contribution in [2.45, 2.75) is 66.2 Å². The zero-order chi connectivity index (χ0) is 31.0. The van der Waals surface area contributed by atoms with Crippen LogP contribution in [-0.2, 0) is 40.3 Å². The number of aryl methyl sites for hydroxylation is 4. The first kappa shape index (κ1) is 31.7. The van der Waals surface area contributed by atoms with E-state index in [0.717, 1.165) is 17.4 Å². The van der Waals surface area contributed by atoms with Crippen molar-refractivity contribution in [3.05, 3.63) is 51.1 Å². The van der Waals surface area contributed by atoms with Crippen LogP contribution < -0.4 is 22.5 Å². The smallest absolute Gasteiger partial charge is 0.332 e. The fourth-order valence-corrected chi connectivity index (χ4v) is 5.40. The molecule has 0 fully saturated rings. The first-order valence-corrected chi connectivity index (χ1v) is 14.2. The molecule has 13 nitrogen and oxygen atoms in total. The summed E-state index contributed by atoms with van der Waals surface area (Å²) >= 11 is 6.62. The minimum absolute atomic E-state index is 0.0651. The van der Waals surface area contributed by atoms with E-state index in [-0.39, 0.29) is 30.0 Å². The van der Waals surface area contributed by atoms with Crippen LogP contribution >= 0.6 is 31.9 Å². The lowest BCUT2D eigenvalue weighted by molar-refractivity contribution is 0.277. The molecule has 0 radical (unpaired) electrons. The third-order valence-electron chi connectivity index (χ3n) is 6.28. The molecule has 0 aliphatic rings. The lowest BCUT2D eigenvalue weighted by atomic mass is 10.3. The number of rotatable bonds is 8. The van der Waals surface area contributed by atoms with E-state index in [2.05, 4.69) is 41.8 Å². The van der Waals surface area contributed by atoms with E-state index >= 15 is 0 Å². The Morgan fingerprint density at radius 3 is 1.48 bits per heavy atom. The Labute approximate surface area is 247 Å². The van der Waals surface area contributed by atoms with Gasteiger partial charge >= 0.3 is 11.4 Å². The van der Waals surface area contributed by atoms with Gasteiger partial charge in [-0.15, -0.1) is 0 Å². The number of unbranched alkanes of at least 4 members (excludes halogenated alkanes) is 1. The van der Waals surface area contributed by atoms with Crippen LogP contribution in [0.5, 0.6) is 0 Å². The maximum absolute atomic E-state index is 12.5. The van der Waals surface area contributed by atoms with E-state index in [1.165, 1.54) is 13.7 Å². The number of imidazole rings is 2. The summed E-state index contributed by atoms with van der Waals surface area (Å²) in [4.78, 5) is 57.6. The summed E-state index contributed by atoms with van der Waals surface area (Å²) in [5, 5.41) is 8.85. The van der Waals surface area contributed by atoms with Gasteiger partial charge < -0.3 is 14.2 Å². The predicted molar refractivity (Wildman–Crippen MR) is 159 cm³/mol. The minimum atomic E-state index is -1.00. The lowest BCUT2D eigenvalue weighted by Gasteiger charge is -2.08. The highest BCUT2D eigenvalue weighted by Gasteiger charge is 2.19. The van der Waals surface area contributed by atoms with Crippen molar-refractivity contribution in [3.8, 4) is 0 Å². The molecule has 0 aliphatic heterocycles. The summed E-state index contributed by atoms with van der Waals surface area (Å²) < 4.78 is 25.3. The Balaban J connectivity index is 0.000000262. The number of aromatic nitrogens is 8. The number of aliphatic hydroxyl groups is 1. The molecule has 222 valence electrons. The Morgan fingerprint density at radius 1 is 0.775 bits per heavy atom. The SMILES string of the molecule is CCCCn1c(=O)c2c(nc(Br)n2CC)n(C)c1=O.CCn1c(Br)nc2c1c(=O)n(CCCO)c(=O)n2C.[2H]CF. The zero-order valence-electron chi connectivity index (χ0n) is 24.2. The van der Waals surface area contributed by atoms with Gasteiger partial charge in [0.05, 0.1) is 8.52 Å². The molecule has 0 aromatic carbocycles. The normalized spacial score (nSPS) is 11.3. The van der Waals surface area contributed by atoms with Crippen LogP contribution in [0.15, 0.2) is 28.6 Å². The molecule has 0 amide bonds. The summed E-state index contributed by atoms with van der Waals surface area (Å²) in [5.74, 6) is 0. The highest BCUT2D eigenvalue weighted by Crippen LogP contribution is 2.16. The predicted octanol–water partition coefficient (Wildman–Crippen LogP) is 2.13. The van der Waals surface area contributed by atoms with Crippen LogP contribution in [0.4, 0.5) is 4.39 Å². The Bertz CT molecular complexity index is 1610. The third-order valence-corrected chi connectivity index (χ3v) is 7.49.